The van der Waals surface area contributed by atoms with Crippen LogP contribution in [-0.2, 0) is 0 Å². The molecule has 0 aliphatic carbocycles. The zero-order valence-corrected chi connectivity index (χ0v) is 13.3. The van der Waals surface area contributed by atoms with Gasteiger partial charge in [-0.1, -0.05) is 23.9 Å². The van der Waals surface area contributed by atoms with Gasteiger partial charge in [0.15, 0.2) is 4.34 Å². The fraction of sp³-hybridized carbons (Fsp3) is 0. The third-order valence-electron chi connectivity index (χ3n) is 3.38. The molecule has 0 saturated carbocycles. The van der Waals surface area contributed by atoms with E-state index < -0.39 is 4.92 Å². The maximum Gasteiger partial charge on any atom is 0.295 e. The average Bonchev–Trinajstić information content (AvgIpc) is 2.97. The second kappa shape index (κ2) is 5.60. The number of thiazole rings is 1. The van der Waals surface area contributed by atoms with Crippen LogP contribution in [0.4, 0.5) is 5.69 Å². The highest BCUT2D eigenvalue weighted by atomic mass is 32.2. The van der Waals surface area contributed by atoms with E-state index in [-0.39, 0.29) is 5.69 Å². The van der Waals surface area contributed by atoms with Crippen LogP contribution in [0.3, 0.4) is 0 Å². The third-order valence-corrected chi connectivity index (χ3v) is 5.55. The van der Waals surface area contributed by atoms with E-state index in [9.17, 15) is 10.1 Å². The molecule has 2 heterocycles. The second-order valence-electron chi connectivity index (χ2n) is 4.79. The van der Waals surface area contributed by atoms with Crippen LogP contribution in [0.25, 0.3) is 21.1 Å². The molecule has 0 aliphatic heterocycles. The molecule has 4 rings (SSSR count). The van der Waals surface area contributed by atoms with Crippen molar-refractivity contribution in [2.45, 2.75) is 9.24 Å². The van der Waals surface area contributed by atoms with E-state index in [0.29, 0.717) is 5.52 Å². The lowest BCUT2D eigenvalue weighted by molar-refractivity contribution is -0.383. The van der Waals surface area contributed by atoms with Crippen LogP contribution in [0.1, 0.15) is 0 Å². The molecular weight excluding hydrogens is 330 g/mol. The van der Waals surface area contributed by atoms with Gasteiger partial charge in [0.1, 0.15) is 5.52 Å². The van der Waals surface area contributed by atoms with Crippen molar-refractivity contribution >= 4 is 49.9 Å². The van der Waals surface area contributed by atoms with E-state index in [1.807, 2.05) is 30.3 Å². The van der Waals surface area contributed by atoms with Gasteiger partial charge in [0, 0.05) is 22.5 Å². The first-order chi connectivity index (χ1) is 11.2. The van der Waals surface area contributed by atoms with Gasteiger partial charge in [-0.2, -0.15) is 0 Å². The number of pyridine rings is 1. The van der Waals surface area contributed by atoms with Gasteiger partial charge in [0.25, 0.3) is 5.69 Å². The Bertz CT molecular complexity index is 1010. The topological polar surface area (TPSA) is 68.9 Å². The molecular formula is C16H9N3O2S2. The van der Waals surface area contributed by atoms with E-state index >= 15 is 0 Å². The van der Waals surface area contributed by atoms with Crippen molar-refractivity contribution in [2.75, 3.05) is 0 Å². The van der Waals surface area contributed by atoms with Crippen molar-refractivity contribution in [3.63, 3.8) is 0 Å². The fourth-order valence-corrected chi connectivity index (χ4v) is 4.50. The Morgan fingerprint density at radius 1 is 1.09 bits per heavy atom. The smallest absolute Gasteiger partial charge is 0.258 e. The Kier molecular flexibility index (Phi) is 3.44. The summed E-state index contributed by atoms with van der Waals surface area (Å²) < 4.78 is 2.03. The molecule has 23 heavy (non-hydrogen) atoms. The van der Waals surface area contributed by atoms with E-state index in [1.54, 1.807) is 29.7 Å². The Balaban J connectivity index is 1.83. The summed E-state index contributed by atoms with van der Waals surface area (Å²) in [5.41, 5.74) is 1.39. The highest BCUT2D eigenvalue weighted by Crippen LogP contribution is 2.39. The summed E-state index contributed by atoms with van der Waals surface area (Å²) in [5, 5.41) is 11.9. The summed E-state index contributed by atoms with van der Waals surface area (Å²) in [5.74, 6) is 0. The Hall–Kier alpha value is -2.51. The number of hydrogen-bond donors (Lipinski definition) is 0. The second-order valence-corrected chi connectivity index (χ2v) is 7.11. The Morgan fingerprint density at radius 2 is 1.96 bits per heavy atom. The predicted octanol–water partition coefficient (Wildman–Crippen LogP) is 4.90. The third kappa shape index (κ3) is 2.54. The minimum Gasteiger partial charge on any atom is -0.258 e. The van der Waals surface area contributed by atoms with Crippen molar-refractivity contribution < 1.29 is 4.92 Å². The summed E-state index contributed by atoms with van der Waals surface area (Å²) in [6.07, 6.45) is 1.57. The summed E-state index contributed by atoms with van der Waals surface area (Å²) in [6, 6.07) is 14.9. The molecule has 112 valence electrons. The van der Waals surface area contributed by atoms with Crippen molar-refractivity contribution in [1.29, 1.82) is 0 Å². The fourth-order valence-electron chi connectivity index (χ4n) is 2.36. The van der Waals surface area contributed by atoms with Crippen LogP contribution >= 0.6 is 23.1 Å². The molecule has 0 amide bonds. The van der Waals surface area contributed by atoms with Crippen molar-refractivity contribution in [2.24, 2.45) is 0 Å². The number of fused-ring (bicyclic) bond motifs is 2. The summed E-state index contributed by atoms with van der Waals surface area (Å²) >= 11 is 3.12. The molecule has 2 aromatic carbocycles. The van der Waals surface area contributed by atoms with Crippen LogP contribution in [0, 0.1) is 10.1 Å². The normalized spacial score (nSPS) is 11.1. The standard InChI is InChI=1S/C16H9N3O2S2/c20-19(21)12-7-8-13(10-4-3-9-17-15(10)12)22-16-18-11-5-1-2-6-14(11)23-16/h1-9H. The van der Waals surface area contributed by atoms with Gasteiger partial charge in [0.05, 0.1) is 15.1 Å². The number of rotatable bonds is 3. The van der Waals surface area contributed by atoms with E-state index in [1.165, 1.54) is 17.8 Å². The first kappa shape index (κ1) is 14.1. The average molecular weight is 339 g/mol. The Morgan fingerprint density at radius 3 is 2.78 bits per heavy atom. The zero-order chi connectivity index (χ0) is 15.8. The minimum atomic E-state index is -0.401. The molecule has 0 bridgehead atoms. The summed E-state index contributed by atoms with van der Waals surface area (Å²) in [7, 11) is 0. The predicted molar refractivity (Wildman–Crippen MR) is 92.1 cm³/mol. The van der Waals surface area contributed by atoms with E-state index in [4.69, 9.17) is 0 Å². The van der Waals surface area contributed by atoms with Crippen molar-refractivity contribution in [1.82, 2.24) is 9.97 Å². The molecule has 0 saturated heterocycles. The van der Waals surface area contributed by atoms with Gasteiger partial charge < -0.3 is 0 Å². The minimum absolute atomic E-state index is 0.0225. The lowest BCUT2D eigenvalue weighted by Gasteiger charge is -2.04. The molecule has 4 aromatic rings. The molecule has 0 unspecified atom stereocenters. The van der Waals surface area contributed by atoms with Gasteiger partial charge in [-0.25, -0.2) is 9.97 Å². The summed E-state index contributed by atoms with van der Waals surface area (Å²) in [4.78, 5) is 20.4. The van der Waals surface area contributed by atoms with Gasteiger partial charge in [0.2, 0.25) is 0 Å². The molecule has 0 atom stereocenters. The molecule has 0 N–H and O–H groups in total. The van der Waals surface area contributed by atoms with Crippen molar-refractivity contribution in [3.05, 3.63) is 64.8 Å². The highest BCUT2D eigenvalue weighted by Gasteiger charge is 2.16. The van der Waals surface area contributed by atoms with Crippen LogP contribution in [-0.4, -0.2) is 14.9 Å². The summed E-state index contributed by atoms with van der Waals surface area (Å²) in [6.45, 7) is 0. The number of benzene rings is 2. The van der Waals surface area contributed by atoms with E-state index in [2.05, 4.69) is 9.97 Å². The maximum absolute atomic E-state index is 11.2. The number of para-hydroxylation sites is 1. The number of nitro benzene ring substituents is 1. The first-order valence-corrected chi connectivity index (χ1v) is 8.41. The van der Waals surface area contributed by atoms with Gasteiger partial charge in [-0.05, 0) is 30.3 Å². The number of nitrogens with zero attached hydrogens (tertiary/aromatic N) is 3. The SMILES string of the molecule is O=[N+]([O-])c1ccc(Sc2nc3ccccc3s2)c2cccnc12. The molecule has 0 fully saturated rings. The number of nitro groups is 1. The molecule has 0 spiro atoms. The van der Waals surface area contributed by atoms with Crippen LogP contribution in [0.2, 0.25) is 0 Å². The molecule has 7 heteroatoms. The van der Waals surface area contributed by atoms with Crippen LogP contribution < -0.4 is 0 Å². The van der Waals surface area contributed by atoms with Gasteiger partial charge >= 0.3 is 0 Å². The molecule has 0 radical (unpaired) electrons. The number of aromatic nitrogens is 2. The molecule has 2 aromatic heterocycles. The van der Waals surface area contributed by atoms with Crippen LogP contribution in [0.15, 0.2) is 64.0 Å². The van der Waals surface area contributed by atoms with Gasteiger partial charge in [-0.15, -0.1) is 11.3 Å². The van der Waals surface area contributed by atoms with Crippen LogP contribution in [0.5, 0.6) is 0 Å². The maximum atomic E-state index is 11.2. The van der Waals surface area contributed by atoms with Gasteiger partial charge in [-0.3, -0.25) is 10.1 Å². The number of hydrogen-bond acceptors (Lipinski definition) is 6. The lowest BCUT2D eigenvalue weighted by Crippen LogP contribution is -1.92. The highest BCUT2D eigenvalue weighted by molar-refractivity contribution is 8.01. The number of non-ortho nitro benzene ring substituents is 1. The monoisotopic (exact) mass is 339 g/mol. The quantitative estimate of drug-likeness (QED) is 0.392. The van der Waals surface area contributed by atoms with E-state index in [0.717, 1.165) is 24.8 Å². The van der Waals surface area contributed by atoms with Crippen molar-refractivity contribution in [3.8, 4) is 0 Å². The zero-order valence-electron chi connectivity index (χ0n) is 11.7. The largest absolute Gasteiger partial charge is 0.295 e. The molecule has 5 nitrogen and oxygen atoms in total. The molecule has 0 aliphatic rings. The lowest BCUT2D eigenvalue weighted by atomic mass is 10.2. The Labute approximate surface area is 139 Å². The first-order valence-electron chi connectivity index (χ1n) is 6.78.